The van der Waals surface area contributed by atoms with Crippen LogP contribution in [0, 0.1) is 0 Å². The van der Waals surface area contributed by atoms with Gasteiger partial charge in [-0.2, -0.15) is 0 Å². The number of ether oxygens (including phenoxy) is 1. The summed E-state index contributed by atoms with van der Waals surface area (Å²) in [6.45, 7) is 6.09. The predicted octanol–water partition coefficient (Wildman–Crippen LogP) is 0.945. The van der Waals surface area contributed by atoms with Crippen LogP contribution < -0.4 is 0 Å². The van der Waals surface area contributed by atoms with Crippen LogP contribution in [0.25, 0.3) is 0 Å². The first-order valence-electron chi connectivity index (χ1n) is 5.02. The molecule has 0 fully saturated rings. The summed E-state index contributed by atoms with van der Waals surface area (Å²) in [6.07, 6.45) is 0.607. The number of carbonyl (C=O) groups excluding carboxylic acids is 1. The van der Waals surface area contributed by atoms with Crippen molar-refractivity contribution in [3.8, 4) is 0 Å². The van der Waals surface area contributed by atoms with E-state index in [1.54, 1.807) is 6.92 Å². The van der Waals surface area contributed by atoms with Crippen molar-refractivity contribution in [2.45, 2.75) is 19.6 Å². The number of carbonyl (C=O) groups is 1. The Kier molecular flexibility index (Phi) is 6.20. The standard InChI is InChI=1S/C11H22N2O2/c1-9(2)11(14)15-10(13(5)6)7-8-12(3)4/h10H,1,7-8H2,2-6H3. The highest BCUT2D eigenvalue weighted by Crippen LogP contribution is 2.05. The van der Waals surface area contributed by atoms with Gasteiger partial charge in [0.25, 0.3) is 0 Å². The van der Waals surface area contributed by atoms with Gasteiger partial charge in [-0.1, -0.05) is 6.58 Å². The molecule has 0 bridgehead atoms. The SMILES string of the molecule is C=C(C)C(=O)OC(CCN(C)C)N(C)C. The third-order valence-corrected chi connectivity index (χ3v) is 1.99. The molecule has 0 aromatic carbocycles. The van der Waals surface area contributed by atoms with Crippen LogP contribution in [0.5, 0.6) is 0 Å². The van der Waals surface area contributed by atoms with E-state index in [1.165, 1.54) is 0 Å². The second-order valence-corrected chi connectivity index (χ2v) is 4.20. The average molecular weight is 214 g/mol. The number of esters is 1. The van der Waals surface area contributed by atoms with Gasteiger partial charge in [-0.3, -0.25) is 4.90 Å². The fraction of sp³-hybridized carbons (Fsp3) is 0.727. The highest BCUT2D eigenvalue weighted by molar-refractivity contribution is 5.87. The monoisotopic (exact) mass is 214 g/mol. The summed E-state index contributed by atoms with van der Waals surface area (Å²) in [4.78, 5) is 15.3. The van der Waals surface area contributed by atoms with Crippen LogP contribution in [0.3, 0.4) is 0 Å². The Labute approximate surface area is 92.5 Å². The highest BCUT2D eigenvalue weighted by Gasteiger charge is 2.16. The molecular weight excluding hydrogens is 192 g/mol. The summed E-state index contributed by atoms with van der Waals surface area (Å²) in [5, 5.41) is 0. The summed E-state index contributed by atoms with van der Waals surface area (Å²) in [5.74, 6) is -0.326. The van der Waals surface area contributed by atoms with Crippen LogP contribution in [-0.4, -0.2) is 56.7 Å². The fourth-order valence-corrected chi connectivity index (χ4v) is 1.02. The topological polar surface area (TPSA) is 32.8 Å². The van der Waals surface area contributed by atoms with Crippen LogP contribution >= 0.6 is 0 Å². The van der Waals surface area contributed by atoms with Crippen molar-refractivity contribution in [2.24, 2.45) is 0 Å². The van der Waals surface area contributed by atoms with Gasteiger partial charge in [-0.15, -0.1) is 0 Å². The molecule has 1 unspecified atom stereocenters. The number of hydrogen-bond acceptors (Lipinski definition) is 4. The third kappa shape index (κ3) is 6.25. The molecule has 4 nitrogen and oxygen atoms in total. The van der Waals surface area contributed by atoms with Gasteiger partial charge in [0.1, 0.15) is 0 Å². The minimum atomic E-state index is -0.326. The molecule has 0 saturated heterocycles. The largest absolute Gasteiger partial charge is 0.443 e. The highest BCUT2D eigenvalue weighted by atomic mass is 16.6. The van der Waals surface area contributed by atoms with Crippen LogP contribution in [-0.2, 0) is 9.53 Å². The molecule has 0 radical (unpaired) electrons. The van der Waals surface area contributed by atoms with E-state index in [-0.39, 0.29) is 12.2 Å². The average Bonchev–Trinajstić information content (AvgIpc) is 2.10. The molecule has 0 N–H and O–H groups in total. The Morgan fingerprint density at radius 3 is 2.20 bits per heavy atom. The van der Waals surface area contributed by atoms with Crippen LogP contribution in [0.4, 0.5) is 0 Å². The summed E-state index contributed by atoms with van der Waals surface area (Å²) in [6, 6.07) is 0. The normalized spacial score (nSPS) is 13.0. The Morgan fingerprint density at radius 1 is 1.33 bits per heavy atom. The molecule has 0 spiro atoms. The maximum Gasteiger partial charge on any atom is 0.334 e. The predicted molar refractivity (Wildman–Crippen MR) is 61.6 cm³/mol. The molecule has 0 amide bonds. The lowest BCUT2D eigenvalue weighted by molar-refractivity contribution is -0.152. The van der Waals surface area contributed by atoms with Crippen molar-refractivity contribution in [1.29, 1.82) is 0 Å². The first-order chi connectivity index (χ1) is 6.84. The molecule has 15 heavy (non-hydrogen) atoms. The molecule has 4 heteroatoms. The van der Waals surface area contributed by atoms with E-state index < -0.39 is 0 Å². The van der Waals surface area contributed by atoms with Crippen molar-refractivity contribution < 1.29 is 9.53 Å². The lowest BCUT2D eigenvalue weighted by Gasteiger charge is -2.25. The first-order valence-corrected chi connectivity index (χ1v) is 5.02. The molecule has 0 aromatic heterocycles. The number of hydrogen-bond donors (Lipinski definition) is 0. The molecule has 0 heterocycles. The van der Waals surface area contributed by atoms with Crippen LogP contribution in [0.1, 0.15) is 13.3 Å². The fourth-order valence-electron chi connectivity index (χ4n) is 1.02. The van der Waals surface area contributed by atoms with Gasteiger partial charge in [0, 0.05) is 18.5 Å². The molecule has 88 valence electrons. The zero-order valence-corrected chi connectivity index (χ0v) is 10.4. The zero-order valence-electron chi connectivity index (χ0n) is 10.4. The van der Waals surface area contributed by atoms with Gasteiger partial charge in [0.05, 0.1) is 0 Å². The van der Waals surface area contributed by atoms with E-state index in [4.69, 9.17) is 4.74 Å². The lowest BCUT2D eigenvalue weighted by atomic mass is 10.3. The minimum Gasteiger partial charge on any atom is -0.443 e. The Hall–Kier alpha value is -0.870. The smallest absolute Gasteiger partial charge is 0.334 e. The van der Waals surface area contributed by atoms with Crippen molar-refractivity contribution >= 4 is 5.97 Å². The Balaban J connectivity index is 4.16. The maximum absolute atomic E-state index is 11.3. The number of nitrogens with zero attached hydrogens (tertiary/aromatic N) is 2. The van der Waals surface area contributed by atoms with E-state index in [0.29, 0.717) is 5.57 Å². The third-order valence-electron chi connectivity index (χ3n) is 1.99. The second kappa shape index (κ2) is 6.58. The lowest BCUT2D eigenvalue weighted by Crippen LogP contribution is -2.35. The second-order valence-electron chi connectivity index (χ2n) is 4.20. The van der Waals surface area contributed by atoms with E-state index in [9.17, 15) is 4.79 Å². The molecule has 1 atom stereocenters. The first kappa shape index (κ1) is 14.1. The molecule has 0 aliphatic carbocycles. The Bertz CT molecular complexity index is 225. The van der Waals surface area contributed by atoms with Gasteiger partial charge in [-0.25, -0.2) is 4.79 Å². The summed E-state index contributed by atoms with van der Waals surface area (Å²) >= 11 is 0. The maximum atomic E-state index is 11.3. The van der Waals surface area contributed by atoms with E-state index in [2.05, 4.69) is 11.5 Å². The van der Waals surface area contributed by atoms with Crippen molar-refractivity contribution in [1.82, 2.24) is 9.80 Å². The van der Waals surface area contributed by atoms with Crippen molar-refractivity contribution in [3.05, 3.63) is 12.2 Å². The molecular formula is C11H22N2O2. The minimum absolute atomic E-state index is 0.184. The van der Waals surface area contributed by atoms with Gasteiger partial charge in [0.2, 0.25) is 0 Å². The van der Waals surface area contributed by atoms with E-state index in [1.807, 2.05) is 33.1 Å². The van der Waals surface area contributed by atoms with E-state index >= 15 is 0 Å². The summed E-state index contributed by atoms with van der Waals surface area (Å²) in [7, 11) is 7.78. The van der Waals surface area contributed by atoms with Gasteiger partial charge in [-0.05, 0) is 35.1 Å². The van der Waals surface area contributed by atoms with Crippen LogP contribution in [0.15, 0.2) is 12.2 Å². The summed E-state index contributed by atoms with van der Waals surface area (Å²) in [5.41, 5.74) is 0.437. The van der Waals surface area contributed by atoms with Crippen molar-refractivity contribution in [2.75, 3.05) is 34.7 Å². The molecule has 0 aliphatic rings. The van der Waals surface area contributed by atoms with Gasteiger partial charge < -0.3 is 9.64 Å². The van der Waals surface area contributed by atoms with Crippen molar-refractivity contribution in [3.63, 3.8) is 0 Å². The molecule has 0 aliphatic heterocycles. The number of rotatable bonds is 6. The van der Waals surface area contributed by atoms with Gasteiger partial charge in [0.15, 0.2) is 6.23 Å². The van der Waals surface area contributed by atoms with E-state index in [0.717, 1.165) is 13.0 Å². The Morgan fingerprint density at radius 2 is 1.87 bits per heavy atom. The van der Waals surface area contributed by atoms with Crippen LogP contribution in [0.2, 0.25) is 0 Å². The summed E-state index contributed by atoms with van der Waals surface area (Å²) < 4.78 is 5.28. The molecule has 0 aromatic rings. The zero-order chi connectivity index (χ0) is 12.0. The quantitative estimate of drug-likeness (QED) is 0.374. The molecule has 0 saturated carbocycles. The molecule has 0 rings (SSSR count). The van der Waals surface area contributed by atoms with Gasteiger partial charge >= 0.3 is 5.97 Å².